The summed E-state index contributed by atoms with van der Waals surface area (Å²) in [6, 6.07) is 3.64. The zero-order chi connectivity index (χ0) is 24.0. The number of amides is 1. The number of nitrogens with one attached hydrogen (secondary N) is 1. The minimum absolute atomic E-state index is 0.0224. The third kappa shape index (κ3) is 7.12. The second kappa shape index (κ2) is 10.9. The van der Waals surface area contributed by atoms with Crippen LogP contribution in [0, 0.1) is 5.92 Å². The first-order valence-corrected chi connectivity index (χ1v) is 11.1. The van der Waals surface area contributed by atoms with Crippen LogP contribution in [0.1, 0.15) is 56.1 Å². The van der Waals surface area contributed by atoms with Crippen LogP contribution < -0.4 is 5.32 Å². The molecular weight excluding hydrogens is 435 g/mol. The minimum Gasteiger partial charge on any atom is -0.384 e. The highest BCUT2D eigenvalue weighted by Crippen LogP contribution is 2.31. The molecule has 0 aliphatic carbocycles. The second-order valence-corrected chi connectivity index (χ2v) is 8.67. The molecule has 1 aliphatic heterocycles. The summed E-state index contributed by atoms with van der Waals surface area (Å²) < 4.78 is 44.3. The monoisotopic (exact) mass is 465 g/mol. The van der Waals surface area contributed by atoms with E-state index in [1.807, 2.05) is 18.7 Å². The molecule has 1 unspecified atom stereocenters. The lowest BCUT2D eigenvalue weighted by atomic mass is 9.94. The smallest absolute Gasteiger partial charge is 0.384 e. The summed E-state index contributed by atoms with van der Waals surface area (Å²) in [6.45, 7) is 5.72. The van der Waals surface area contributed by atoms with Crippen LogP contribution in [0.5, 0.6) is 0 Å². The predicted octanol–water partition coefficient (Wildman–Crippen LogP) is 4.58. The molecule has 7 nitrogen and oxygen atoms in total. The number of halogens is 3. The van der Waals surface area contributed by atoms with Gasteiger partial charge < -0.3 is 15.0 Å². The van der Waals surface area contributed by atoms with Crippen molar-refractivity contribution in [3.05, 3.63) is 41.5 Å². The number of carbonyl (C=O) groups is 1. The number of hydrogen-bond acceptors (Lipinski definition) is 6. The standard InChI is InChI=1S/C23H30F3N5O2/c1-15(2)11-20-28-18(16-5-4-9-31(14-16)22(32)7-10-33-3)13-21(30-20)29-19-12-17(6-8-27-19)23(24,25)26/h6,8,12-13,15-16H,4-5,7,9-11,14H2,1-3H3,(H,27,28,29,30). The average molecular weight is 466 g/mol. The summed E-state index contributed by atoms with van der Waals surface area (Å²) in [6.07, 6.45) is -0.660. The molecule has 1 atom stereocenters. The van der Waals surface area contributed by atoms with Crippen molar-refractivity contribution in [2.24, 2.45) is 5.92 Å². The molecule has 1 N–H and O–H groups in total. The number of piperidine rings is 1. The first kappa shape index (κ1) is 24.9. The summed E-state index contributed by atoms with van der Waals surface area (Å²) >= 11 is 0. The lowest BCUT2D eigenvalue weighted by Gasteiger charge is -2.33. The van der Waals surface area contributed by atoms with Gasteiger partial charge in [-0.15, -0.1) is 0 Å². The Labute approximate surface area is 191 Å². The first-order valence-electron chi connectivity index (χ1n) is 11.1. The molecule has 1 fully saturated rings. The lowest BCUT2D eigenvalue weighted by molar-refractivity contribution is -0.137. The number of alkyl halides is 3. The maximum atomic E-state index is 13.1. The van der Waals surface area contributed by atoms with Crippen molar-refractivity contribution in [3.63, 3.8) is 0 Å². The Morgan fingerprint density at radius 1 is 1.27 bits per heavy atom. The molecule has 180 valence electrons. The number of methoxy groups -OCH3 is 1. The molecule has 3 heterocycles. The highest BCUT2D eigenvalue weighted by Gasteiger charge is 2.31. The molecule has 2 aromatic rings. The molecule has 0 spiro atoms. The fourth-order valence-corrected chi connectivity index (χ4v) is 3.85. The molecule has 10 heteroatoms. The zero-order valence-electron chi connectivity index (χ0n) is 19.2. The van der Waals surface area contributed by atoms with Crippen molar-refractivity contribution in [1.29, 1.82) is 0 Å². The topological polar surface area (TPSA) is 80.2 Å². The Hall–Kier alpha value is -2.75. The Morgan fingerprint density at radius 3 is 2.76 bits per heavy atom. The van der Waals surface area contributed by atoms with Crippen molar-refractivity contribution >= 4 is 17.5 Å². The number of carbonyl (C=O) groups excluding carboxylic acids is 1. The van der Waals surface area contributed by atoms with Crippen LogP contribution in [0.4, 0.5) is 24.8 Å². The molecule has 0 aromatic carbocycles. The van der Waals surface area contributed by atoms with E-state index in [4.69, 9.17) is 9.72 Å². The maximum Gasteiger partial charge on any atom is 0.416 e. The number of likely N-dealkylation sites (tertiary alicyclic amines) is 1. The molecule has 3 rings (SSSR count). The summed E-state index contributed by atoms with van der Waals surface area (Å²) in [4.78, 5) is 27.6. The van der Waals surface area contributed by atoms with Gasteiger partial charge in [0.15, 0.2) is 0 Å². The van der Waals surface area contributed by atoms with Gasteiger partial charge in [-0.1, -0.05) is 13.8 Å². The third-order valence-corrected chi connectivity index (χ3v) is 5.44. The molecule has 0 bridgehead atoms. The molecule has 0 saturated carbocycles. The quantitative estimate of drug-likeness (QED) is 0.615. The van der Waals surface area contributed by atoms with Crippen LogP contribution in [0.2, 0.25) is 0 Å². The van der Waals surface area contributed by atoms with E-state index in [9.17, 15) is 18.0 Å². The molecule has 2 aromatic heterocycles. The van der Waals surface area contributed by atoms with Gasteiger partial charge in [0, 0.05) is 44.8 Å². The van der Waals surface area contributed by atoms with Gasteiger partial charge in [-0.2, -0.15) is 13.2 Å². The molecule has 1 aliphatic rings. The lowest BCUT2D eigenvalue weighted by Crippen LogP contribution is -2.39. The van der Waals surface area contributed by atoms with Crippen LogP contribution in [0.3, 0.4) is 0 Å². The third-order valence-electron chi connectivity index (χ3n) is 5.44. The van der Waals surface area contributed by atoms with Gasteiger partial charge in [0.05, 0.1) is 24.3 Å². The average Bonchev–Trinajstić information content (AvgIpc) is 2.76. The van der Waals surface area contributed by atoms with Gasteiger partial charge >= 0.3 is 6.18 Å². The van der Waals surface area contributed by atoms with Crippen LogP contribution in [-0.2, 0) is 22.1 Å². The van der Waals surface area contributed by atoms with Gasteiger partial charge in [0.1, 0.15) is 17.5 Å². The first-order chi connectivity index (χ1) is 15.7. The fraction of sp³-hybridized carbons (Fsp3) is 0.565. The largest absolute Gasteiger partial charge is 0.416 e. The Balaban J connectivity index is 1.85. The van der Waals surface area contributed by atoms with Crippen molar-refractivity contribution in [2.45, 2.75) is 51.6 Å². The van der Waals surface area contributed by atoms with E-state index >= 15 is 0 Å². The van der Waals surface area contributed by atoms with E-state index in [2.05, 4.69) is 15.3 Å². The number of nitrogens with zero attached hydrogens (tertiary/aromatic N) is 4. The number of hydrogen-bond donors (Lipinski definition) is 1. The van der Waals surface area contributed by atoms with E-state index in [0.29, 0.717) is 50.1 Å². The molecule has 1 saturated heterocycles. The Morgan fingerprint density at radius 2 is 2.06 bits per heavy atom. The number of pyridine rings is 1. The van der Waals surface area contributed by atoms with Gasteiger partial charge in [-0.3, -0.25) is 4.79 Å². The van der Waals surface area contributed by atoms with Gasteiger partial charge in [-0.25, -0.2) is 15.0 Å². The summed E-state index contributed by atoms with van der Waals surface area (Å²) in [5.74, 6) is 1.44. The van der Waals surface area contributed by atoms with Crippen LogP contribution in [0.15, 0.2) is 24.4 Å². The van der Waals surface area contributed by atoms with Crippen LogP contribution in [-0.4, -0.2) is 52.6 Å². The van der Waals surface area contributed by atoms with Crippen LogP contribution in [0.25, 0.3) is 0 Å². The summed E-state index contributed by atoms with van der Waals surface area (Å²) in [5.41, 5.74) is -0.00598. The van der Waals surface area contributed by atoms with Gasteiger partial charge in [0.25, 0.3) is 0 Å². The van der Waals surface area contributed by atoms with Gasteiger partial charge in [-0.05, 0) is 30.9 Å². The van der Waals surface area contributed by atoms with Crippen molar-refractivity contribution in [1.82, 2.24) is 19.9 Å². The minimum atomic E-state index is -4.46. The van der Waals surface area contributed by atoms with E-state index in [1.54, 1.807) is 13.2 Å². The molecular formula is C23H30F3N5O2. The number of anilines is 2. The number of aromatic nitrogens is 3. The van der Waals surface area contributed by atoms with Crippen molar-refractivity contribution in [3.8, 4) is 0 Å². The highest BCUT2D eigenvalue weighted by molar-refractivity contribution is 5.76. The maximum absolute atomic E-state index is 13.1. The fourth-order valence-electron chi connectivity index (χ4n) is 3.85. The Bertz CT molecular complexity index is 952. The van der Waals surface area contributed by atoms with E-state index in [1.165, 1.54) is 0 Å². The van der Waals surface area contributed by atoms with Crippen LogP contribution >= 0.6 is 0 Å². The van der Waals surface area contributed by atoms with Crippen molar-refractivity contribution < 1.29 is 22.7 Å². The van der Waals surface area contributed by atoms with E-state index in [-0.39, 0.29) is 17.6 Å². The summed E-state index contributed by atoms with van der Waals surface area (Å²) in [5, 5.41) is 2.91. The van der Waals surface area contributed by atoms with Crippen molar-refractivity contribution in [2.75, 3.05) is 32.1 Å². The van der Waals surface area contributed by atoms with E-state index < -0.39 is 11.7 Å². The second-order valence-electron chi connectivity index (χ2n) is 8.67. The number of ether oxygens (including phenoxy) is 1. The number of rotatable bonds is 8. The van der Waals surface area contributed by atoms with Gasteiger partial charge in [0.2, 0.25) is 5.91 Å². The normalized spacial score (nSPS) is 16.8. The SMILES string of the molecule is COCCC(=O)N1CCCC(c2cc(Nc3cc(C(F)(F)F)ccn3)nc(CC(C)C)n2)C1. The highest BCUT2D eigenvalue weighted by atomic mass is 19.4. The Kier molecular flexibility index (Phi) is 8.23. The molecule has 33 heavy (non-hydrogen) atoms. The van der Waals surface area contributed by atoms with E-state index in [0.717, 1.165) is 36.9 Å². The summed E-state index contributed by atoms with van der Waals surface area (Å²) in [7, 11) is 1.57. The molecule has 0 radical (unpaired) electrons. The zero-order valence-corrected chi connectivity index (χ0v) is 19.2. The predicted molar refractivity (Wildman–Crippen MR) is 118 cm³/mol. The molecule has 1 amide bonds.